The first-order valence-electron chi connectivity index (χ1n) is 11.0. The lowest BCUT2D eigenvalue weighted by atomic mass is 9.90. The summed E-state index contributed by atoms with van der Waals surface area (Å²) in [6.07, 6.45) is 9.81. The third-order valence-corrected chi connectivity index (χ3v) is 7.47. The minimum atomic E-state index is 0.0273. The van der Waals surface area contributed by atoms with Crippen LogP contribution < -0.4 is 4.90 Å². The Morgan fingerprint density at radius 2 is 1.87 bits per heavy atom. The molecule has 0 bridgehead atoms. The van der Waals surface area contributed by atoms with E-state index in [4.69, 9.17) is 0 Å². The minimum absolute atomic E-state index is 0.0273. The number of pyridine rings is 1. The van der Waals surface area contributed by atoms with E-state index in [2.05, 4.69) is 25.2 Å². The van der Waals surface area contributed by atoms with Crippen molar-refractivity contribution in [1.29, 1.82) is 0 Å². The number of carbonyl (C=O) groups is 1. The summed E-state index contributed by atoms with van der Waals surface area (Å²) in [7, 11) is 0. The molecule has 2 aliphatic rings. The molecule has 0 spiro atoms. The van der Waals surface area contributed by atoms with Gasteiger partial charge in [-0.1, -0.05) is 36.7 Å². The van der Waals surface area contributed by atoms with E-state index in [-0.39, 0.29) is 5.91 Å². The maximum Gasteiger partial charge on any atom is 0.257 e. The molecule has 8 nitrogen and oxygen atoms in total. The van der Waals surface area contributed by atoms with Gasteiger partial charge in [-0.15, -0.1) is 10.2 Å². The number of piperazine rings is 1. The highest BCUT2D eigenvalue weighted by Crippen LogP contribution is 2.36. The van der Waals surface area contributed by atoms with E-state index >= 15 is 0 Å². The first-order valence-corrected chi connectivity index (χ1v) is 11.9. The van der Waals surface area contributed by atoms with Gasteiger partial charge in [-0.2, -0.15) is 5.10 Å². The number of amides is 1. The van der Waals surface area contributed by atoms with Gasteiger partial charge in [-0.25, -0.2) is 9.67 Å². The van der Waals surface area contributed by atoms with Crippen LogP contribution in [0.5, 0.6) is 0 Å². The predicted molar refractivity (Wildman–Crippen MR) is 120 cm³/mol. The van der Waals surface area contributed by atoms with Crippen LogP contribution in [-0.2, 0) is 0 Å². The van der Waals surface area contributed by atoms with E-state index < -0.39 is 0 Å². The van der Waals surface area contributed by atoms with E-state index in [0.717, 1.165) is 23.9 Å². The van der Waals surface area contributed by atoms with Crippen molar-refractivity contribution in [3.8, 4) is 5.82 Å². The molecule has 3 aromatic heterocycles. The first kappa shape index (κ1) is 20.1. The summed E-state index contributed by atoms with van der Waals surface area (Å²) in [5, 5.41) is 15.5. The van der Waals surface area contributed by atoms with Crippen molar-refractivity contribution < 1.29 is 4.79 Å². The third kappa shape index (κ3) is 4.06. The van der Waals surface area contributed by atoms with Crippen molar-refractivity contribution in [3.63, 3.8) is 0 Å². The molecule has 1 saturated carbocycles. The molecule has 0 atom stereocenters. The zero-order chi connectivity index (χ0) is 21.2. The molecule has 0 aromatic carbocycles. The highest BCUT2D eigenvalue weighted by Gasteiger charge is 2.27. The Bertz CT molecular complexity index is 1030. The van der Waals surface area contributed by atoms with Gasteiger partial charge in [0.25, 0.3) is 5.91 Å². The molecule has 2 fully saturated rings. The Hall–Kier alpha value is -2.81. The topological polar surface area (TPSA) is 80.0 Å². The van der Waals surface area contributed by atoms with Crippen molar-refractivity contribution >= 4 is 22.4 Å². The maximum absolute atomic E-state index is 13.1. The van der Waals surface area contributed by atoms with Gasteiger partial charge in [0.15, 0.2) is 5.82 Å². The Labute approximate surface area is 185 Å². The van der Waals surface area contributed by atoms with Crippen LogP contribution in [-0.4, -0.2) is 61.9 Å². The molecule has 5 rings (SSSR count). The van der Waals surface area contributed by atoms with Crippen LogP contribution in [0.4, 0.5) is 5.13 Å². The fourth-order valence-electron chi connectivity index (χ4n) is 4.47. The second-order valence-electron chi connectivity index (χ2n) is 8.28. The first-order chi connectivity index (χ1) is 15.2. The third-order valence-electron chi connectivity index (χ3n) is 6.33. The van der Waals surface area contributed by atoms with E-state index in [1.165, 1.54) is 37.1 Å². The highest BCUT2D eigenvalue weighted by molar-refractivity contribution is 7.15. The normalized spacial score (nSPS) is 17.8. The molecule has 0 unspecified atom stereocenters. The average Bonchev–Trinajstić information content (AvgIpc) is 3.47. The smallest absolute Gasteiger partial charge is 0.257 e. The number of carbonyl (C=O) groups excluding carboxylic acids is 1. The lowest BCUT2D eigenvalue weighted by Gasteiger charge is -2.34. The number of hydrogen-bond donors (Lipinski definition) is 0. The molecule has 0 N–H and O–H groups in total. The molecule has 31 heavy (non-hydrogen) atoms. The SMILES string of the molecule is Cc1c(C(=O)N2CCN(c3nnc(C4CCCCC4)s3)CC2)cnn1-c1ccccn1. The van der Waals surface area contributed by atoms with Gasteiger partial charge in [-0.3, -0.25) is 4.79 Å². The van der Waals surface area contributed by atoms with E-state index in [0.29, 0.717) is 30.4 Å². The monoisotopic (exact) mass is 437 g/mol. The lowest BCUT2D eigenvalue weighted by Crippen LogP contribution is -2.48. The fourth-order valence-corrected chi connectivity index (χ4v) is 5.53. The number of aromatic nitrogens is 5. The van der Waals surface area contributed by atoms with Crippen molar-refractivity contribution in [2.24, 2.45) is 0 Å². The van der Waals surface area contributed by atoms with Gasteiger partial charge in [0.2, 0.25) is 5.13 Å². The van der Waals surface area contributed by atoms with Gasteiger partial charge in [-0.05, 0) is 31.9 Å². The van der Waals surface area contributed by atoms with Crippen LogP contribution in [0.3, 0.4) is 0 Å². The molecule has 3 aromatic rings. The van der Waals surface area contributed by atoms with Crippen LogP contribution in [0, 0.1) is 6.92 Å². The molecule has 162 valence electrons. The van der Waals surface area contributed by atoms with Crippen molar-refractivity contribution in [1.82, 2.24) is 29.9 Å². The second kappa shape index (κ2) is 8.74. The van der Waals surface area contributed by atoms with Crippen molar-refractivity contribution in [2.45, 2.75) is 44.9 Å². The molecule has 1 saturated heterocycles. The summed E-state index contributed by atoms with van der Waals surface area (Å²) < 4.78 is 1.72. The van der Waals surface area contributed by atoms with E-state index in [9.17, 15) is 4.79 Å². The van der Waals surface area contributed by atoms with Gasteiger partial charge in [0, 0.05) is 38.3 Å². The molecule has 9 heteroatoms. The molecule has 4 heterocycles. The Balaban J connectivity index is 1.22. The minimum Gasteiger partial charge on any atom is -0.343 e. The van der Waals surface area contributed by atoms with Crippen LogP contribution in [0.2, 0.25) is 0 Å². The molecule has 1 amide bonds. The molecular weight excluding hydrogens is 410 g/mol. The number of hydrogen-bond acceptors (Lipinski definition) is 7. The molecular formula is C22H27N7OS. The van der Waals surface area contributed by atoms with Crippen LogP contribution in [0.1, 0.15) is 59.1 Å². The quantitative estimate of drug-likeness (QED) is 0.622. The average molecular weight is 438 g/mol. The maximum atomic E-state index is 13.1. The standard InChI is InChI=1S/C22H27N7OS/c1-16-18(15-24-29(16)19-9-5-6-10-23-19)21(30)27-11-13-28(14-12-27)22-26-25-20(31-22)17-7-3-2-4-8-17/h5-6,9-10,15,17H,2-4,7-8,11-14H2,1H3. The summed E-state index contributed by atoms with van der Waals surface area (Å²) >= 11 is 1.74. The summed E-state index contributed by atoms with van der Waals surface area (Å²) in [6, 6.07) is 5.66. The van der Waals surface area contributed by atoms with Crippen LogP contribution >= 0.6 is 11.3 Å². The highest BCUT2D eigenvalue weighted by atomic mass is 32.1. The summed E-state index contributed by atoms with van der Waals surface area (Å²) in [5.74, 6) is 1.33. The second-order valence-corrected chi connectivity index (χ2v) is 9.27. The van der Waals surface area contributed by atoms with E-state index in [1.807, 2.05) is 30.0 Å². The molecule has 1 aliphatic heterocycles. The van der Waals surface area contributed by atoms with Gasteiger partial charge < -0.3 is 9.80 Å². The van der Waals surface area contributed by atoms with Gasteiger partial charge >= 0.3 is 0 Å². The van der Waals surface area contributed by atoms with Gasteiger partial charge in [0.1, 0.15) is 5.01 Å². The predicted octanol–water partition coefficient (Wildman–Crippen LogP) is 3.44. The Morgan fingerprint density at radius 3 is 2.61 bits per heavy atom. The van der Waals surface area contributed by atoms with Gasteiger partial charge in [0.05, 0.1) is 17.5 Å². The summed E-state index contributed by atoms with van der Waals surface area (Å²) in [6.45, 7) is 4.81. The zero-order valence-corrected chi connectivity index (χ0v) is 18.6. The Kier molecular flexibility index (Phi) is 5.67. The number of anilines is 1. The summed E-state index contributed by atoms with van der Waals surface area (Å²) in [4.78, 5) is 21.6. The summed E-state index contributed by atoms with van der Waals surface area (Å²) in [5.41, 5.74) is 1.45. The number of nitrogens with zero attached hydrogens (tertiary/aromatic N) is 7. The fraction of sp³-hybridized carbons (Fsp3) is 0.500. The zero-order valence-electron chi connectivity index (χ0n) is 17.8. The molecule has 1 aliphatic carbocycles. The van der Waals surface area contributed by atoms with Crippen molar-refractivity contribution in [2.75, 3.05) is 31.1 Å². The van der Waals surface area contributed by atoms with Crippen LogP contribution in [0.15, 0.2) is 30.6 Å². The largest absolute Gasteiger partial charge is 0.343 e. The van der Waals surface area contributed by atoms with E-state index in [1.54, 1.807) is 28.4 Å². The molecule has 0 radical (unpaired) electrons. The number of rotatable bonds is 4. The van der Waals surface area contributed by atoms with Crippen LogP contribution in [0.25, 0.3) is 5.82 Å². The van der Waals surface area contributed by atoms with Crippen molar-refractivity contribution in [3.05, 3.63) is 46.9 Å². The Morgan fingerprint density at radius 1 is 1.06 bits per heavy atom. The lowest BCUT2D eigenvalue weighted by molar-refractivity contribution is 0.0746.